The van der Waals surface area contributed by atoms with Crippen LogP contribution in [0, 0.1) is 34.6 Å². The number of rotatable bonds is 7. The second-order valence-electron chi connectivity index (χ2n) is 8.26. The normalized spacial score (nSPS) is 10.9. The molecule has 0 saturated heterocycles. The van der Waals surface area contributed by atoms with E-state index in [0.717, 1.165) is 39.7 Å². The molecule has 0 aliphatic rings. The maximum atomic E-state index is 13.0. The topological polar surface area (TPSA) is 82.2 Å². The fourth-order valence-corrected chi connectivity index (χ4v) is 3.67. The highest BCUT2D eigenvalue weighted by Gasteiger charge is 2.16. The van der Waals surface area contributed by atoms with Gasteiger partial charge in [-0.15, -0.1) is 0 Å². The van der Waals surface area contributed by atoms with Crippen LogP contribution in [0.25, 0.3) is 0 Å². The van der Waals surface area contributed by atoms with E-state index in [2.05, 4.69) is 46.8 Å². The average molecular weight is 445 g/mol. The number of aromatic nitrogens is 3. The van der Waals surface area contributed by atoms with E-state index in [-0.39, 0.29) is 5.91 Å². The lowest BCUT2D eigenvalue weighted by atomic mass is 10.1. The first-order valence-corrected chi connectivity index (χ1v) is 10.9. The van der Waals surface area contributed by atoms with Crippen molar-refractivity contribution in [1.82, 2.24) is 14.9 Å². The predicted octanol–water partition coefficient (Wildman–Crippen LogP) is 5.29. The molecule has 4 rings (SSSR count). The van der Waals surface area contributed by atoms with E-state index < -0.39 is 0 Å². The molecule has 170 valence electrons. The van der Waals surface area contributed by atoms with Crippen LogP contribution < -0.4 is 10.1 Å². The van der Waals surface area contributed by atoms with Gasteiger partial charge in [-0.3, -0.25) is 9.48 Å². The third kappa shape index (κ3) is 4.98. The third-order valence-electron chi connectivity index (χ3n) is 5.73. The number of ether oxygens (including phenoxy) is 1. The number of amides is 1. The average Bonchev–Trinajstić information content (AvgIpc) is 3.26. The molecule has 1 amide bonds. The Morgan fingerprint density at radius 3 is 2.48 bits per heavy atom. The monoisotopic (exact) mass is 444 g/mol. The summed E-state index contributed by atoms with van der Waals surface area (Å²) in [6.07, 6.45) is 0. The number of anilines is 1. The number of hydrogen-bond acceptors (Lipinski definition) is 5. The van der Waals surface area contributed by atoms with Gasteiger partial charge in [0.2, 0.25) is 0 Å². The molecule has 0 spiro atoms. The van der Waals surface area contributed by atoms with Crippen molar-refractivity contribution in [1.29, 1.82) is 0 Å². The van der Waals surface area contributed by atoms with Gasteiger partial charge in [0.05, 0.1) is 34.9 Å². The molecule has 33 heavy (non-hydrogen) atoms. The molecule has 1 N–H and O–H groups in total. The number of aryl methyl sites for hydroxylation is 4. The summed E-state index contributed by atoms with van der Waals surface area (Å²) in [6, 6.07) is 15.5. The largest absolute Gasteiger partial charge is 0.489 e. The van der Waals surface area contributed by atoms with Crippen molar-refractivity contribution in [3.05, 3.63) is 93.6 Å². The van der Waals surface area contributed by atoms with Crippen LogP contribution >= 0.6 is 0 Å². The van der Waals surface area contributed by atoms with E-state index in [0.29, 0.717) is 24.5 Å². The van der Waals surface area contributed by atoms with Gasteiger partial charge >= 0.3 is 0 Å². The Morgan fingerprint density at radius 1 is 1.03 bits per heavy atom. The minimum Gasteiger partial charge on any atom is -0.489 e. The molecule has 2 aromatic carbocycles. The molecule has 2 heterocycles. The molecule has 0 atom stereocenters. The zero-order valence-electron chi connectivity index (χ0n) is 19.6. The predicted molar refractivity (Wildman–Crippen MR) is 127 cm³/mol. The van der Waals surface area contributed by atoms with Crippen molar-refractivity contribution in [2.45, 2.75) is 47.8 Å². The Morgan fingerprint density at radius 2 is 1.79 bits per heavy atom. The van der Waals surface area contributed by atoms with E-state index in [1.807, 2.05) is 38.4 Å². The van der Waals surface area contributed by atoms with Gasteiger partial charge in [-0.25, -0.2) is 0 Å². The van der Waals surface area contributed by atoms with E-state index in [4.69, 9.17) is 9.26 Å². The first-order chi connectivity index (χ1) is 15.8. The smallest absolute Gasteiger partial charge is 0.255 e. The van der Waals surface area contributed by atoms with Crippen LogP contribution in [0.15, 0.2) is 53.1 Å². The summed E-state index contributed by atoms with van der Waals surface area (Å²) in [5, 5.41) is 11.6. The van der Waals surface area contributed by atoms with Gasteiger partial charge in [-0.1, -0.05) is 41.1 Å². The van der Waals surface area contributed by atoms with Crippen LogP contribution in [0.5, 0.6) is 5.75 Å². The molecule has 0 bridgehead atoms. The van der Waals surface area contributed by atoms with Gasteiger partial charge < -0.3 is 14.6 Å². The van der Waals surface area contributed by atoms with E-state index in [1.54, 1.807) is 18.2 Å². The van der Waals surface area contributed by atoms with E-state index >= 15 is 0 Å². The Hall–Kier alpha value is -3.87. The lowest BCUT2D eigenvalue weighted by Gasteiger charge is -2.10. The van der Waals surface area contributed by atoms with Gasteiger partial charge in [0, 0.05) is 5.56 Å². The number of hydrogen-bond donors (Lipinski definition) is 1. The van der Waals surface area contributed by atoms with Crippen LogP contribution in [-0.2, 0) is 13.2 Å². The summed E-state index contributed by atoms with van der Waals surface area (Å²) in [5.41, 5.74) is 7.02. The maximum absolute atomic E-state index is 13.0. The second kappa shape index (κ2) is 9.32. The molecule has 0 radical (unpaired) electrons. The standard InChI is InChI=1S/C26H28N4O3/c1-16-9-11-21(12-10-16)14-30-19(4)25(18(3)28-30)27-26(31)22-7-6-8-23(13-22)32-15-24-17(2)29-33-20(24)5/h6-13H,14-15H2,1-5H3,(H,27,31). The van der Waals surface area contributed by atoms with Crippen molar-refractivity contribution in [2.24, 2.45) is 0 Å². The van der Waals surface area contributed by atoms with Crippen LogP contribution in [0.4, 0.5) is 5.69 Å². The van der Waals surface area contributed by atoms with Crippen molar-refractivity contribution < 1.29 is 14.1 Å². The molecule has 7 nitrogen and oxygen atoms in total. The molecular weight excluding hydrogens is 416 g/mol. The first-order valence-electron chi connectivity index (χ1n) is 10.9. The highest BCUT2D eigenvalue weighted by Crippen LogP contribution is 2.23. The number of carbonyl (C=O) groups is 1. The van der Waals surface area contributed by atoms with Gasteiger partial charge in [0.15, 0.2) is 0 Å². The van der Waals surface area contributed by atoms with Gasteiger partial charge in [0.1, 0.15) is 18.1 Å². The molecule has 0 saturated carbocycles. The summed E-state index contributed by atoms with van der Waals surface area (Å²) >= 11 is 0. The van der Waals surface area contributed by atoms with Crippen molar-refractivity contribution in [3.8, 4) is 5.75 Å². The highest BCUT2D eigenvalue weighted by atomic mass is 16.5. The lowest BCUT2D eigenvalue weighted by molar-refractivity contribution is 0.102. The molecular formula is C26H28N4O3. The minimum atomic E-state index is -0.209. The minimum absolute atomic E-state index is 0.209. The summed E-state index contributed by atoms with van der Waals surface area (Å²) in [5.74, 6) is 1.13. The fourth-order valence-electron chi connectivity index (χ4n) is 3.67. The van der Waals surface area contributed by atoms with Crippen molar-refractivity contribution in [3.63, 3.8) is 0 Å². The SMILES string of the molecule is Cc1ccc(Cn2nc(C)c(NC(=O)c3cccc(OCc4c(C)noc4C)c3)c2C)cc1. The van der Waals surface area contributed by atoms with Gasteiger partial charge in [-0.05, 0) is 58.4 Å². The van der Waals surface area contributed by atoms with Crippen LogP contribution in [0.1, 0.15) is 49.9 Å². The number of nitrogens with one attached hydrogen (secondary N) is 1. The Balaban J connectivity index is 1.46. The summed E-state index contributed by atoms with van der Waals surface area (Å²) in [7, 11) is 0. The second-order valence-corrected chi connectivity index (χ2v) is 8.26. The van der Waals surface area contributed by atoms with Crippen molar-refractivity contribution in [2.75, 3.05) is 5.32 Å². The van der Waals surface area contributed by atoms with Crippen LogP contribution in [0.2, 0.25) is 0 Å². The quantitative estimate of drug-likeness (QED) is 0.419. The van der Waals surface area contributed by atoms with Crippen LogP contribution in [-0.4, -0.2) is 20.8 Å². The molecule has 7 heteroatoms. The highest BCUT2D eigenvalue weighted by molar-refractivity contribution is 6.05. The Labute approximate surface area is 193 Å². The molecule has 0 unspecified atom stereocenters. The maximum Gasteiger partial charge on any atom is 0.255 e. The number of nitrogens with zero attached hydrogens (tertiary/aromatic N) is 3. The zero-order valence-corrected chi connectivity index (χ0v) is 19.6. The van der Waals surface area contributed by atoms with E-state index in [9.17, 15) is 4.79 Å². The first kappa shape index (κ1) is 22.3. The molecule has 0 fully saturated rings. The molecule has 2 aromatic heterocycles. The summed E-state index contributed by atoms with van der Waals surface area (Å²) in [6.45, 7) is 10.6. The van der Waals surface area contributed by atoms with Gasteiger partial charge in [-0.2, -0.15) is 5.10 Å². The van der Waals surface area contributed by atoms with E-state index in [1.165, 1.54) is 5.56 Å². The molecule has 0 aliphatic carbocycles. The number of benzene rings is 2. The summed E-state index contributed by atoms with van der Waals surface area (Å²) < 4.78 is 13.0. The Kier molecular flexibility index (Phi) is 6.31. The fraction of sp³-hybridized carbons (Fsp3) is 0.269. The van der Waals surface area contributed by atoms with Crippen molar-refractivity contribution >= 4 is 11.6 Å². The van der Waals surface area contributed by atoms with Gasteiger partial charge in [0.25, 0.3) is 5.91 Å². The zero-order chi connectivity index (χ0) is 23.5. The molecule has 0 aliphatic heterocycles. The Bertz CT molecular complexity index is 1270. The number of carbonyl (C=O) groups excluding carboxylic acids is 1. The molecule has 4 aromatic rings. The lowest BCUT2D eigenvalue weighted by Crippen LogP contribution is -2.13. The van der Waals surface area contributed by atoms with Crippen LogP contribution in [0.3, 0.4) is 0 Å². The summed E-state index contributed by atoms with van der Waals surface area (Å²) in [4.78, 5) is 13.0. The third-order valence-corrected chi connectivity index (χ3v) is 5.73.